The highest BCUT2D eigenvalue weighted by atomic mass is 16.4. The molecule has 0 saturated heterocycles. The Labute approximate surface area is 86.5 Å². The third kappa shape index (κ3) is 2.74. The lowest BCUT2D eigenvalue weighted by Crippen LogP contribution is -2.17. The van der Waals surface area contributed by atoms with Gasteiger partial charge in [0.15, 0.2) is 5.78 Å². The van der Waals surface area contributed by atoms with Crippen molar-refractivity contribution in [1.29, 1.82) is 0 Å². The summed E-state index contributed by atoms with van der Waals surface area (Å²) in [5.74, 6) is -3.11. The summed E-state index contributed by atoms with van der Waals surface area (Å²) in [7, 11) is 0. The summed E-state index contributed by atoms with van der Waals surface area (Å²) in [5, 5.41) is 8.35. The van der Waals surface area contributed by atoms with Gasteiger partial charge in [-0.1, -0.05) is 24.3 Å². The van der Waals surface area contributed by atoms with E-state index in [4.69, 9.17) is 5.11 Å². The molecule has 1 aromatic rings. The maximum absolute atomic E-state index is 11.5. The van der Waals surface area contributed by atoms with Gasteiger partial charge in [-0.05, 0) is 12.5 Å². The number of aliphatic carboxylic acids is 1. The van der Waals surface area contributed by atoms with E-state index in [2.05, 4.69) is 0 Å². The van der Waals surface area contributed by atoms with Crippen LogP contribution in [0.3, 0.4) is 0 Å². The molecule has 1 rings (SSSR count). The molecule has 78 valence electrons. The monoisotopic (exact) mass is 206 g/mol. The highest BCUT2D eigenvalue weighted by Gasteiger charge is 2.18. The Morgan fingerprint density at radius 2 is 1.80 bits per heavy atom. The molecule has 4 nitrogen and oxygen atoms in total. The average molecular weight is 206 g/mol. The van der Waals surface area contributed by atoms with E-state index in [1.807, 2.05) is 0 Å². The lowest BCUT2D eigenvalue weighted by atomic mass is 10.0. The lowest BCUT2D eigenvalue weighted by molar-refractivity contribution is -0.148. The van der Waals surface area contributed by atoms with Gasteiger partial charge in [-0.15, -0.1) is 0 Å². The molecular formula is C11H10O4. The quantitative estimate of drug-likeness (QED) is 0.456. The predicted octanol–water partition coefficient (Wildman–Crippen LogP) is 1.22. The third-order valence-electron chi connectivity index (χ3n) is 2.01. The van der Waals surface area contributed by atoms with E-state index in [9.17, 15) is 14.4 Å². The van der Waals surface area contributed by atoms with Crippen molar-refractivity contribution in [2.45, 2.75) is 13.3 Å². The van der Waals surface area contributed by atoms with Gasteiger partial charge in [0.2, 0.25) is 5.78 Å². The van der Waals surface area contributed by atoms with E-state index in [0.717, 1.165) is 5.56 Å². The van der Waals surface area contributed by atoms with Crippen molar-refractivity contribution in [3.05, 3.63) is 35.4 Å². The second kappa shape index (κ2) is 4.50. The van der Waals surface area contributed by atoms with Crippen molar-refractivity contribution < 1.29 is 19.5 Å². The number of carboxylic acid groups (broad SMARTS) is 1. The Kier molecular flexibility index (Phi) is 3.33. The number of hydrogen-bond donors (Lipinski definition) is 1. The highest BCUT2D eigenvalue weighted by Crippen LogP contribution is 2.09. The van der Waals surface area contributed by atoms with Gasteiger partial charge in [0.25, 0.3) is 0 Å². The summed E-state index contributed by atoms with van der Waals surface area (Å²) >= 11 is 0. The SMILES string of the molecule is Cc1ccccc1C(=O)CC(=O)C(=O)O. The van der Waals surface area contributed by atoms with E-state index in [1.54, 1.807) is 31.2 Å². The smallest absolute Gasteiger partial charge is 0.372 e. The van der Waals surface area contributed by atoms with Crippen molar-refractivity contribution in [2.24, 2.45) is 0 Å². The summed E-state index contributed by atoms with van der Waals surface area (Å²) in [5.41, 5.74) is 1.13. The van der Waals surface area contributed by atoms with E-state index in [0.29, 0.717) is 5.56 Å². The lowest BCUT2D eigenvalue weighted by Gasteiger charge is -2.01. The minimum Gasteiger partial charge on any atom is -0.475 e. The molecule has 0 bridgehead atoms. The molecule has 15 heavy (non-hydrogen) atoms. The molecule has 0 spiro atoms. The van der Waals surface area contributed by atoms with Gasteiger partial charge >= 0.3 is 5.97 Å². The van der Waals surface area contributed by atoms with Crippen LogP contribution in [0.2, 0.25) is 0 Å². The zero-order valence-electron chi connectivity index (χ0n) is 8.19. The number of carbonyl (C=O) groups excluding carboxylic acids is 2. The van der Waals surface area contributed by atoms with Crippen LogP contribution in [0.4, 0.5) is 0 Å². The molecule has 1 aromatic carbocycles. The summed E-state index contributed by atoms with van der Waals surface area (Å²) in [4.78, 5) is 32.6. The number of carbonyl (C=O) groups is 3. The number of hydrogen-bond acceptors (Lipinski definition) is 3. The summed E-state index contributed by atoms with van der Waals surface area (Å²) in [6.45, 7) is 1.73. The van der Waals surface area contributed by atoms with Crippen molar-refractivity contribution in [3.8, 4) is 0 Å². The second-order valence-electron chi connectivity index (χ2n) is 3.14. The first-order chi connectivity index (χ1) is 7.02. The van der Waals surface area contributed by atoms with Crippen LogP contribution in [0, 0.1) is 6.92 Å². The molecule has 0 saturated carbocycles. The number of ketones is 2. The van der Waals surface area contributed by atoms with Gasteiger partial charge in [-0.25, -0.2) is 4.79 Å². The molecule has 0 aliphatic carbocycles. The minimum absolute atomic E-state index is 0.395. The van der Waals surface area contributed by atoms with E-state index in [-0.39, 0.29) is 0 Å². The Hall–Kier alpha value is -1.97. The molecule has 0 aliphatic rings. The molecule has 0 aliphatic heterocycles. The Morgan fingerprint density at radius 1 is 1.20 bits per heavy atom. The molecule has 0 radical (unpaired) electrons. The Morgan fingerprint density at radius 3 is 2.33 bits per heavy atom. The number of benzene rings is 1. The molecule has 0 fully saturated rings. The first-order valence-corrected chi connectivity index (χ1v) is 4.37. The molecular weight excluding hydrogens is 196 g/mol. The van der Waals surface area contributed by atoms with Gasteiger partial charge in [-0.3, -0.25) is 9.59 Å². The normalized spacial score (nSPS) is 9.67. The Bertz CT molecular complexity index is 420. The highest BCUT2D eigenvalue weighted by molar-refractivity contribution is 6.37. The molecule has 4 heteroatoms. The maximum atomic E-state index is 11.5. The zero-order chi connectivity index (χ0) is 11.4. The van der Waals surface area contributed by atoms with Crippen molar-refractivity contribution in [2.75, 3.05) is 0 Å². The molecule has 0 amide bonds. The van der Waals surface area contributed by atoms with Crippen molar-refractivity contribution in [1.82, 2.24) is 0 Å². The van der Waals surface area contributed by atoms with Gasteiger partial charge in [0, 0.05) is 5.56 Å². The number of aryl methyl sites for hydroxylation is 1. The standard InChI is InChI=1S/C11H10O4/c1-7-4-2-3-5-8(7)9(12)6-10(13)11(14)15/h2-5H,6H2,1H3,(H,14,15). The van der Waals surface area contributed by atoms with E-state index < -0.39 is 24.0 Å². The minimum atomic E-state index is -1.57. The number of rotatable bonds is 4. The van der Waals surface area contributed by atoms with Crippen LogP contribution >= 0.6 is 0 Å². The molecule has 0 heterocycles. The van der Waals surface area contributed by atoms with Crippen molar-refractivity contribution in [3.63, 3.8) is 0 Å². The zero-order valence-corrected chi connectivity index (χ0v) is 8.19. The van der Waals surface area contributed by atoms with Gasteiger partial charge in [-0.2, -0.15) is 0 Å². The number of carboxylic acids is 1. The summed E-state index contributed by atoms with van der Waals surface area (Å²) in [6.07, 6.45) is -0.583. The summed E-state index contributed by atoms with van der Waals surface area (Å²) < 4.78 is 0. The van der Waals surface area contributed by atoms with Crippen LogP contribution in [0.25, 0.3) is 0 Å². The fraction of sp³-hybridized carbons (Fsp3) is 0.182. The largest absolute Gasteiger partial charge is 0.475 e. The van der Waals surface area contributed by atoms with Crippen LogP contribution in [0.5, 0.6) is 0 Å². The van der Waals surface area contributed by atoms with Crippen LogP contribution in [0.15, 0.2) is 24.3 Å². The average Bonchev–Trinajstić information content (AvgIpc) is 2.18. The van der Waals surface area contributed by atoms with Crippen LogP contribution in [-0.2, 0) is 9.59 Å². The Balaban J connectivity index is 2.83. The number of Topliss-reactive ketones (excluding diaryl/α,β-unsaturated/α-hetero) is 2. The first-order valence-electron chi connectivity index (χ1n) is 4.37. The maximum Gasteiger partial charge on any atom is 0.372 e. The van der Waals surface area contributed by atoms with Gasteiger partial charge < -0.3 is 5.11 Å². The fourth-order valence-corrected chi connectivity index (χ4v) is 1.20. The van der Waals surface area contributed by atoms with Gasteiger partial charge in [0.05, 0.1) is 6.42 Å². The predicted molar refractivity (Wildman–Crippen MR) is 52.8 cm³/mol. The van der Waals surface area contributed by atoms with E-state index >= 15 is 0 Å². The first kappa shape index (κ1) is 11.1. The molecule has 0 aromatic heterocycles. The molecule has 0 unspecified atom stereocenters. The third-order valence-corrected chi connectivity index (χ3v) is 2.01. The van der Waals surface area contributed by atoms with Crippen LogP contribution in [0.1, 0.15) is 22.3 Å². The second-order valence-corrected chi connectivity index (χ2v) is 3.14. The van der Waals surface area contributed by atoms with Crippen molar-refractivity contribution >= 4 is 17.5 Å². The molecule has 1 N–H and O–H groups in total. The topological polar surface area (TPSA) is 71.4 Å². The van der Waals surface area contributed by atoms with E-state index in [1.165, 1.54) is 0 Å². The molecule has 0 atom stereocenters. The van der Waals surface area contributed by atoms with Gasteiger partial charge in [0.1, 0.15) is 0 Å². The summed E-state index contributed by atoms with van der Waals surface area (Å²) in [6, 6.07) is 6.75. The fourth-order valence-electron chi connectivity index (χ4n) is 1.20. The van der Waals surface area contributed by atoms with Crippen LogP contribution in [-0.4, -0.2) is 22.6 Å². The van der Waals surface area contributed by atoms with Crippen LogP contribution < -0.4 is 0 Å².